The topological polar surface area (TPSA) is 88.9 Å². The van der Waals surface area contributed by atoms with Gasteiger partial charge in [0.15, 0.2) is 0 Å². The average Bonchev–Trinajstić information content (AvgIpc) is 3.36. The molecule has 1 aliphatic heterocycles. The zero-order valence-corrected chi connectivity index (χ0v) is 24.3. The van der Waals surface area contributed by atoms with Crippen LogP contribution in [0.1, 0.15) is 25.3 Å². The highest BCUT2D eigenvalue weighted by Crippen LogP contribution is 2.28. The monoisotopic (exact) mass is 579 g/mol. The van der Waals surface area contributed by atoms with Gasteiger partial charge in [-0.25, -0.2) is 19.2 Å². The van der Waals surface area contributed by atoms with Crippen molar-refractivity contribution in [3.8, 4) is 5.88 Å². The van der Waals surface area contributed by atoms with Gasteiger partial charge in [-0.2, -0.15) is 4.98 Å². The number of hydrogen-bond acceptors (Lipinski definition) is 9. The first kappa shape index (κ1) is 28.5. The van der Waals surface area contributed by atoms with Gasteiger partial charge in [0.2, 0.25) is 24.6 Å². The molecule has 4 aromatic rings. The van der Waals surface area contributed by atoms with Crippen LogP contribution in [-0.4, -0.2) is 75.7 Å². The number of hydrogen-bond donors (Lipinski definition) is 0. The average molecular weight is 580 g/mol. The standard InChI is InChI=1S/C29H34FN7O3S/c1-4-41-35(3)29(38)40-20-39-26-13-16-31-27(33-26)34(2)23-14-17-36(18-15-23)28-32-24-7-5-6-8-25(24)37(28)19-21-9-11-22(30)12-10-21/h5-13,16,23H,4,14-15,17-20H2,1-3H3. The minimum absolute atomic E-state index is 0.231. The first-order chi connectivity index (χ1) is 19.9. The molecule has 0 radical (unpaired) electrons. The Hall–Kier alpha value is -4.06. The van der Waals surface area contributed by atoms with E-state index in [4.69, 9.17) is 14.5 Å². The summed E-state index contributed by atoms with van der Waals surface area (Å²) < 4.78 is 27.8. The number of fused-ring (bicyclic) bond motifs is 1. The second kappa shape index (κ2) is 13.1. The molecule has 10 nitrogen and oxygen atoms in total. The van der Waals surface area contributed by atoms with E-state index in [1.165, 1.54) is 28.4 Å². The van der Waals surface area contributed by atoms with E-state index in [-0.39, 0.29) is 18.7 Å². The lowest BCUT2D eigenvalue weighted by Crippen LogP contribution is -2.44. The van der Waals surface area contributed by atoms with E-state index in [9.17, 15) is 9.18 Å². The number of para-hydroxylation sites is 2. The molecule has 1 fully saturated rings. The highest BCUT2D eigenvalue weighted by Gasteiger charge is 2.27. The van der Waals surface area contributed by atoms with Crippen LogP contribution in [0.2, 0.25) is 0 Å². The fourth-order valence-electron chi connectivity index (χ4n) is 4.91. The first-order valence-corrected chi connectivity index (χ1v) is 14.5. The lowest BCUT2D eigenvalue weighted by molar-refractivity contribution is 0.0489. The Morgan fingerprint density at radius 1 is 1.07 bits per heavy atom. The van der Waals surface area contributed by atoms with E-state index in [1.807, 2.05) is 44.3 Å². The quantitative estimate of drug-likeness (QED) is 0.186. The third kappa shape index (κ3) is 6.82. The summed E-state index contributed by atoms with van der Waals surface area (Å²) in [5, 5.41) is 0. The van der Waals surface area contributed by atoms with Crippen molar-refractivity contribution in [1.29, 1.82) is 0 Å². The number of anilines is 2. The van der Waals surface area contributed by atoms with E-state index < -0.39 is 6.09 Å². The van der Waals surface area contributed by atoms with E-state index in [2.05, 4.69) is 30.4 Å². The zero-order valence-electron chi connectivity index (χ0n) is 23.4. The molecule has 1 aliphatic rings. The third-order valence-corrected chi connectivity index (χ3v) is 7.88. The van der Waals surface area contributed by atoms with Crippen molar-refractivity contribution in [2.45, 2.75) is 32.4 Å². The molecule has 0 unspecified atom stereocenters. The van der Waals surface area contributed by atoms with Crippen LogP contribution >= 0.6 is 11.9 Å². The molecule has 216 valence electrons. The zero-order chi connectivity index (χ0) is 28.8. The largest absolute Gasteiger partial charge is 0.440 e. The van der Waals surface area contributed by atoms with Gasteiger partial charge >= 0.3 is 6.09 Å². The summed E-state index contributed by atoms with van der Waals surface area (Å²) in [6.45, 7) is 3.97. The van der Waals surface area contributed by atoms with Crippen molar-refractivity contribution >= 4 is 41.0 Å². The fourth-order valence-corrected chi connectivity index (χ4v) is 5.45. The van der Waals surface area contributed by atoms with Gasteiger partial charge in [0.25, 0.3) is 0 Å². The Labute approximate surface area is 243 Å². The number of rotatable bonds is 10. The number of aromatic nitrogens is 4. The SMILES string of the molecule is CCSN(C)C(=O)OCOc1ccnc(N(C)C2CCN(c3nc4ccccc4n3Cc3ccc(F)cc3)CC2)n1. The van der Waals surface area contributed by atoms with Crippen molar-refractivity contribution in [2.24, 2.45) is 0 Å². The minimum Gasteiger partial charge on any atom is -0.440 e. The Morgan fingerprint density at radius 3 is 2.59 bits per heavy atom. The molecule has 0 aliphatic carbocycles. The van der Waals surface area contributed by atoms with Crippen LogP contribution in [-0.2, 0) is 11.3 Å². The predicted octanol–water partition coefficient (Wildman–Crippen LogP) is 5.19. The van der Waals surface area contributed by atoms with Crippen molar-refractivity contribution in [3.05, 3.63) is 72.2 Å². The maximum absolute atomic E-state index is 13.5. The van der Waals surface area contributed by atoms with Crippen LogP contribution in [0.4, 0.5) is 21.1 Å². The van der Waals surface area contributed by atoms with Gasteiger partial charge in [-0.15, -0.1) is 0 Å². The Morgan fingerprint density at radius 2 is 1.83 bits per heavy atom. The number of nitrogens with zero attached hydrogens (tertiary/aromatic N) is 7. The van der Waals surface area contributed by atoms with Crippen LogP contribution in [0.5, 0.6) is 5.88 Å². The highest BCUT2D eigenvalue weighted by atomic mass is 32.2. The van der Waals surface area contributed by atoms with Gasteiger partial charge in [0, 0.05) is 51.2 Å². The number of ether oxygens (including phenoxy) is 2. The number of benzene rings is 2. The summed E-state index contributed by atoms with van der Waals surface area (Å²) in [6.07, 6.45) is 2.95. The molecule has 0 spiro atoms. The van der Waals surface area contributed by atoms with Crippen LogP contribution in [0.25, 0.3) is 11.0 Å². The molecule has 0 saturated carbocycles. The summed E-state index contributed by atoms with van der Waals surface area (Å²) in [5.74, 6) is 2.33. The maximum Gasteiger partial charge on any atom is 0.422 e. The smallest absolute Gasteiger partial charge is 0.422 e. The molecule has 0 bridgehead atoms. The number of imidazole rings is 1. The van der Waals surface area contributed by atoms with E-state index in [0.717, 1.165) is 54.2 Å². The molecule has 0 atom stereocenters. The Bertz CT molecular complexity index is 1460. The van der Waals surface area contributed by atoms with Gasteiger partial charge in [-0.05, 0) is 54.6 Å². The number of carbonyl (C=O) groups excluding carboxylic acids is 1. The van der Waals surface area contributed by atoms with Gasteiger partial charge < -0.3 is 23.8 Å². The van der Waals surface area contributed by atoms with Crippen molar-refractivity contribution in [2.75, 3.05) is 49.5 Å². The normalized spacial score (nSPS) is 13.8. The number of amides is 1. The summed E-state index contributed by atoms with van der Waals surface area (Å²) in [6, 6.07) is 16.6. The number of halogens is 1. The van der Waals surface area contributed by atoms with Crippen LogP contribution in [0.3, 0.4) is 0 Å². The molecule has 1 saturated heterocycles. The second-order valence-corrected chi connectivity index (χ2v) is 11.1. The summed E-state index contributed by atoms with van der Waals surface area (Å²) in [5.41, 5.74) is 3.01. The first-order valence-electron chi connectivity index (χ1n) is 13.6. The molecular formula is C29H34FN7O3S. The summed E-state index contributed by atoms with van der Waals surface area (Å²) in [4.78, 5) is 30.3. The van der Waals surface area contributed by atoms with Crippen LogP contribution in [0.15, 0.2) is 60.8 Å². The summed E-state index contributed by atoms with van der Waals surface area (Å²) >= 11 is 1.36. The van der Waals surface area contributed by atoms with Crippen LogP contribution in [0, 0.1) is 5.82 Å². The van der Waals surface area contributed by atoms with Gasteiger partial charge in [0.05, 0.1) is 17.6 Å². The Balaban J connectivity index is 1.22. The van der Waals surface area contributed by atoms with E-state index in [0.29, 0.717) is 18.4 Å². The lowest BCUT2D eigenvalue weighted by atomic mass is 10.0. The van der Waals surface area contributed by atoms with Crippen molar-refractivity contribution in [1.82, 2.24) is 23.8 Å². The Kier molecular flexibility index (Phi) is 9.07. The van der Waals surface area contributed by atoms with E-state index >= 15 is 0 Å². The predicted molar refractivity (Wildman–Crippen MR) is 159 cm³/mol. The molecular weight excluding hydrogens is 545 g/mol. The minimum atomic E-state index is -0.471. The molecule has 2 aromatic heterocycles. The molecule has 1 amide bonds. The summed E-state index contributed by atoms with van der Waals surface area (Å²) in [7, 11) is 3.64. The van der Waals surface area contributed by atoms with Crippen molar-refractivity contribution < 1.29 is 18.7 Å². The van der Waals surface area contributed by atoms with Crippen LogP contribution < -0.4 is 14.5 Å². The molecule has 12 heteroatoms. The van der Waals surface area contributed by atoms with Crippen molar-refractivity contribution in [3.63, 3.8) is 0 Å². The molecule has 0 N–H and O–H groups in total. The van der Waals surface area contributed by atoms with Gasteiger partial charge in [-0.3, -0.25) is 4.31 Å². The van der Waals surface area contributed by atoms with E-state index in [1.54, 1.807) is 19.3 Å². The second-order valence-electron chi connectivity index (χ2n) is 9.72. The molecule has 5 rings (SSSR count). The molecule has 3 heterocycles. The highest BCUT2D eigenvalue weighted by molar-refractivity contribution is 7.97. The van der Waals surface area contributed by atoms with Gasteiger partial charge in [-0.1, -0.05) is 31.2 Å². The number of carbonyl (C=O) groups is 1. The lowest BCUT2D eigenvalue weighted by Gasteiger charge is -2.37. The molecule has 2 aromatic carbocycles. The molecule has 41 heavy (non-hydrogen) atoms. The maximum atomic E-state index is 13.5. The fraction of sp³-hybridized carbons (Fsp3) is 0.379. The third-order valence-electron chi connectivity index (χ3n) is 7.09. The van der Waals surface area contributed by atoms with Gasteiger partial charge in [0.1, 0.15) is 5.82 Å². The number of piperidine rings is 1.